The van der Waals surface area contributed by atoms with Gasteiger partial charge in [0.1, 0.15) is 23.6 Å². The van der Waals surface area contributed by atoms with Crippen molar-refractivity contribution in [3.8, 4) is 0 Å². The first kappa shape index (κ1) is 22.1. The van der Waals surface area contributed by atoms with E-state index < -0.39 is 17.3 Å². The molecular weight excluding hydrogens is 479 g/mol. The van der Waals surface area contributed by atoms with Gasteiger partial charge in [-0.25, -0.2) is 9.37 Å². The van der Waals surface area contributed by atoms with Gasteiger partial charge in [0.15, 0.2) is 0 Å². The summed E-state index contributed by atoms with van der Waals surface area (Å²) in [6.07, 6.45) is 1.54. The number of hydrogen-bond acceptors (Lipinski definition) is 4. The van der Waals surface area contributed by atoms with Crippen molar-refractivity contribution in [1.29, 1.82) is 0 Å². The number of carbonyl (C=O) groups excluding carboxylic acids is 2. The van der Waals surface area contributed by atoms with E-state index in [9.17, 15) is 18.8 Å². The van der Waals surface area contributed by atoms with Crippen molar-refractivity contribution in [1.82, 2.24) is 19.8 Å². The molecule has 32 heavy (non-hydrogen) atoms. The summed E-state index contributed by atoms with van der Waals surface area (Å²) in [5.41, 5.74) is 0.271. The van der Waals surface area contributed by atoms with E-state index in [2.05, 4.69) is 40.1 Å². The van der Waals surface area contributed by atoms with Crippen LogP contribution in [0.3, 0.4) is 0 Å². The molecule has 166 valence electrons. The van der Waals surface area contributed by atoms with Crippen molar-refractivity contribution < 1.29 is 14.0 Å². The van der Waals surface area contributed by atoms with Gasteiger partial charge in [0.25, 0.3) is 11.5 Å². The predicted octanol–water partition coefficient (Wildman–Crippen LogP) is 3.10. The van der Waals surface area contributed by atoms with Gasteiger partial charge >= 0.3 is 0 Å². The Morgan fingerprint density at radius 3 is 2.66 bits per heavy atom. The maximum Gasteiger partial charge on any atom is 0.265 e. The molecule has 1 saturated heterocycles. The van der Waals surface area contributed by atoms with Crippen LogP contribution in [0.25, 0.3) is 11.0 Å². The molecule has 1 aromatic carbocycles. The van der Waals surface area contributed by atoms with Crippen molar-refractivity contribution in [3.63, 3.8) is 0 Å². The minimum atomic E-state index is -0.602. The van der Waals surface area contributed by atoms with Crippen LogP contribution in [0.15, 0.2) is 51.9 Å². The number of amides is 2. The van der Waals surface area contributed by atoms with E-state index in [0.29, 0.717) is 34.2 Å². The fraction of sp³-hybridized carbons (Fsp3) is 0.304. The van der Waals surface area contributed by atoms with E-state index in [1.807, 2.05) is 0 Å². The van der Waals surface area contributed by atoms with E-state index in [0.717, 1.165) is 0 Å². The van der Waals surface area contributed by atoms with E-state index in [-0.39, 0.29) is 30.0 Å². The third-order valence-electron chi connectivity index (χ3n) is 5.41. The van der Waals surface area contributed by atoms with E-state index >= 15 is 0 Å². The van der Waals surface area contributed by atoms with E-state index in [1.54, 1.807) is 29.2 Å². The van der Waals surface area contributed by atoms with Gasteiger partial charge in [-0.15, -0.1) is 0 Å². The molecule has 0 unspecified atom stereocenters. The number of halogens is 2. The second-order valence-corrected chi connectivity index (χ2v) is 9.57. The summed E-state index contributed by atoms with van der Waals surface area (Å²) < 4.78 is 15.3. The molecule has 0 saturated carbocycles. The van der Waals surface area contributed by atoms with Crippen molar-refractivity contribution in [2.24, 2.45) is 5.41 Å². The average molecular weight is 501 g/mol. The summed E-state index contributed by atoms with van der Waals surface area (Å²) in [6.45, 7) is 5.24. The maximum absolute atomic E-state index is 13.7. The standard InChI is InChI=1S/C23H22BrFN4O3/c1-23(2)12-28(13-23)19(30)11-29-20-15(4-3-7-26-20)9-16(22(29)32)21(31)27-10-14-5-6-17(24)18(25)8-14/h3-9H,10-13H2,1-2H3,(H,27,31). The predicted molar refractivity (Wildman–Crippen MR) is 122 cm³/mol. The summed E-state index contributed by atoms with van der Waals surface area (Å²) >= 11 is 3.09. The number of benzene rings is 1. The number of fused-ring (bicyclic) bond motifs is 1. The van der Waals surface area contributed by atoms with Gasteiger partial charge in [-0.2, -0.15) is 0 Å². The first-order chi connectivity index (χ1) is 15.1. The molecular formula is C23H22BrFN4O3. The molecule has 7 nitrogen and oxygen atoms in total. The summed E-state index contributed by atoms with van der Waals surface area (Å²) in [7, 11) is 0. The Kier molecular flexibility index (Phi) is 5.85. The number of pyridine rings is 2. The van der Waals surface area contributed by atoms with Crippen molar-refractivity contribution in [2.45, 2.75) is 26.9 Å². The smallest absolute Gasteiger partial charge is 0.265 e. The van der Waals surface area contributed by atoms with Crippen LogP contribution < -0.4 is 10.9 Å². The molecule has 1 fully saturated rings. The topological polar surface area (TPSA) is 84.3 Å². The van der Waals surface area contributed by atoms with Gasteiger partial charge in [-0.1, -0.05) is 19.9 Å². The Hall–Kier alpha value is -3.07. The molecule has 0 spiro atoms. The van der Waals surface area contributed by atoms with Gasteiger partial charge in [-0.3, -0.25) is 19.0 Å². The number of aromatic nitrogens is 2. The molecule has 2 aromatic heterocycles. The Morgan fingerprint density at radius 1 is 1.22 bits per heavy atom. The zero-order chi connectivity index (χ0) is 23.0. The molecule has 1 aliphatic heterocycles. The lowest BCUT2D eigenvalue weighted by atomic mass is 9.84. The Balaban J connectivity index is 1.61. The highest BCUT2D eigenvalue weighted by atomic mass is 79.9. The maximum atomic E-state index is 13.7. The number of nitrogens with one attached hydrogen (secondary N) is 1. The Morgan fingerprint density at radius 2 is 1.97 bits per heavy atom. The zero-order valence-electron chi connectivity index (χ0n) is 17.7. The normalized spacial score (nSPS) is 14.8. The number of hydrogen-bond donors (Lipinski definition) is 1. The number of nitrogens with zero attached hydrogens (tertiary/aromatic N) is 3. The van der Waals surface area contributed by atoms with Gasteiger partial charge in [0.2, 0.25) is 5.91 Å². The van der Waals surface area contributed by atoms with Crippen LogP contribution >= 0.6 is 15.9 Å². The van der Waals surface area contributed by atoms with Gasteiger partial charge < -0.3 is 10.2 Å². The molecule has 9 heteroatoms. The zero-order valence-corrected chi connectivity index (χ0v) is 19.3. The third-order valence-corrected chi connectivity index (χ3v) is 6.06. The number of likely N-dealkylation sites (tertiary alicyclic amines) is 1. The summed E-state index contributed by atoms with van der Waals surface area (Å²) in [4.78, 5) is 44.6. The fourth-order valence-corrected chi connectivity index (χ4v) is 4.09. The van der Waals surface area contributed by atoms with Crippen LogP contribution in [0.4, 0.5) is 4.39 Å². The van der Waals surface area contributed by atoms with Crippen LogP contribution in [0.1, 0.15) is 29.8 Å². The Labute approximate surface area is 192 Å². The van der Waals surface area contributed by atoms with Crippen LogP contribution in [-0.4, -0.2) is 39.4 Å². The van der Waals surface area contributed by atoms with Crippen molar-refractivity contribution in [3.05, 3.63) is 74.4 Å². The lowest BCUT2D eigenvalue weighted by Crippen LogP contribution is -2.56. The monoisotopic (exact) mass is 500 g/mol. The quantitative estimate of drug-likeness (QED) is 0.583. The molecule has 1 N–H and O–H groups in total. The second kappa shape index (κ2) is 8.46. The summed E-state index contributed by atoms with van der Waals surface area (Å²) in [5, 5.41) is 3.23. The van der Waals surface area contributed by atoms with Gasteiger partial charge in [0.05, 0.1) is 4.47 Å². The second-order valence-electron chi connectivity index (χ2n) is 8.71. The molecule has 4 rings (SSSR count). The van der Waals surface area contributed by atoms with Crippen molar-refractivity contribution in [2.75, 3.05) is 13.1 Å². The molecule has 0 bridgehead atoms. The highest BCUT2D eigenvalue weighted by molar-refractivity contribution is 9.10. The lowest BCUT2D eigenvalue weighted by Gasteiger charge is -2.45. The van der Waals surface area contributed by atoms with Crippen LogP contribution in [-0.2, 0) is 17.9 Å². The van der Waals surface area contributed by atoms with Gasteiger partial charge in [-0.05, 0) is 57.2 Å². The number of carbonyl (C=O) groups is 2. The molecule has 1 aliphatic rings. The molecule has 2 amide bonds. The fourth-order valence-electron chi connectivity index (χ4n) is 3.84. The molecule has 3 aromatic rings. The molecule has 3 heterocycles. The first-order valence-electron chi connectivity index (χ1n) is 10.1. The lowest BCUT2D eigenvalue weighted by molar-refractivity contribution is -0.142. The van der Waals surface area contributed by atoms with Crippen LogP contribution in [0.2, 0.25) is 0 Å². The summed E-state index contributed by atoms with van der Waals surface area (Å²) in [6, 6.07) is 9.42. The third kappa shape index (κ3) is 4.43. The SMILES string of the molecule is CC1(C)CN(C(=O)Cn2c(=O)c(C(=O)NCc3ccc(Br)c(F)c3)cc3cccnc32)C1. The minimum absolute atomic E-state index is 0.0509. The van der Waals surface area contributed by atoms with Crippen molar-refractivity contribution >= 4 is 38.8 Å². The van der Waals surface area contributed by atoms with E-state index in [1.165, 1.54) is 22.9 Å². The minimum Gasteiger partial charge on any atom is -0.348 e. The average Bonchev–Trinajstić information content (AvgIpc) is 2.74. The first-order valence-corrected chi connectivity index (χ1v) is 10.9. The highest BCUT2D eigenvalue weighted by Crippen LogP contribution is 2.28. The van der Waals surface area contributed by atoms with E-state index in [4.69, 9.17) is 0 Å². The molecule has 0 atom stereocenters. The van der Waals surface area contributed by atoms with Crippen LogP contribution in [0, 0.1) is 11.2 Å². The molecule has 0 aliphatic carbocycles. The van der Waals surface area contributed by atoms with Crippen LogP contribution in [0.5, 0.6) is 0 Å². The highest BCUT2D eigenvalue weighted by Gasteiger charge is 2.37. The largest absolute Gasteiger partial charge is 0.348 e. The van der Waals surface area contributed by atoms with Gasteiger partial charge in [0, 0.05) is 31.2 Å². The number of rotatable bonds is 5. The molecule has 0 radical (unpaired) electrons. The Bertz CT molecular complexity index is 1280. The summed E-state index contributed by atoms with van der Waals surface area (Å²) in [5.74, 6) is -1.24.